The molecule has 0 unspecified atom stereocenters. The Labute approximate surface area is 120 Å². The van der Waals surface area contributed by atoms with E-state index in [-0.39, 0.29) is 6.79 Å². The maximum Gasteiger partial charge on any atom is 0.231 e. The topological polar surface area (TPSA) is 73.6 Å². The van der Waals surface area contributed by atoms with Gasteiger partial charge in [-0.1, -0.05) is 12.1 Å². The molecule has 0 radical (unpaired) electrons. The van der Waals surface area contributed by atoms with Gasteiger partial charge >= 0.3 is 0 Å². The van der Waals surface area contributed by atoms with E-state index >= 15 is 0 Å². The predicted octanol–water partition coefficient (Wildman–Crippen LogP) is 1.77. The third-order valence-electron chi connectivity index (χ3n) is 3.36. The van der Waals surface area contributed by atoms with Crippen LogP contribution >= 0.6 is 0 Å². The number of hydrogen-bond acceptors (Lipinski definition) is 6. The molecule has 1 aromatic carbocycles. The summed E-state index contributed by atoms with van der Waals surface area (Å²) in [7, 11) is 0. The molecule has 0 saturated carbocycles. The smallest absolute Gasteiger partial charge is 0.231 e. The highest BCUT2D eigenvalue weighted by Gasteiger charge is 2.16. The van der Waals surface area contributed by atoms with Crippen molar-refractivity contribution in [2.45, 2.75) is 13.5 Å². The Kier molecular flexibility index (Phi) is 2.63. The van der Waals surface area contributed by atoms with Crippen LogP contribution in [0.1, 0.15) is 11.4 Å². The van der Waals surface area contributed by atoms with Crippen LogP contribution in [0.2, 0.25) is 0 Å². The number of para-hydroxylation sites is 1. The quantitative estimate of drug-likeness (QED) is 0.789. The van der Waals surface area contributed by atoms with Gasteiger partial charge in [-0.25, -0.2) is 0 Å². The zero-order valence-corrected chi connectivity index (χ0v) is 11.4. The summed E-state index contributed by atoms with van der Waals surface area (Å²) >= 11 is 0. The molecular weight excluding hydrogens is 270 g/mol. The van der Waals surface area contributed by atoms with Crippen molar-refractivity contribution in [3.63, 3.8) is 0 Å². The van der Waals surface area contributed by atoms with Gasteiger partial charge in [0.2, 0.25) is 6.79 Å². The van der Waals surface area contributed by atoms with Gasteiger partial charge in [0.1, 0.15) is 5.82 Å². The van der Waals surface area contributed by atoms with Gasteiger partial charge in [-0.3, -0.25) is 0 Å². The fourth-order valence-corrected chi connectivity index (χ4v) is 2.31. The molecule has 0 fully saturated rings. The number of aryl methyl sites for hydroxylation is 1. The van der Waals surface area contributed by atoms with Crippen LogP contribution in [0.5, 0.6) is 11.5 Å². The molecule has 7 nitrogen and oxygen atoms in total. The fourth-order valence-electron chi connectivity index (χ4n) is 2.31. The van der Waals surface area contributed by atoms with Crippen LogP contribution in [-0.2, 0) is 6.54 Å². The van der Waals surface area contributed by atoms with Crippen molar-refractivity contribution in [3.05, 3.63) is 41.7 Å². The van der Waals surface area contributed by atoms with Gasteiger partial charge in [-0.2, -0.15) is 4.52 Å². The lowest BCUT2D eigenvalue weighted by molar-refractivity contribution is 0.173. The molecule has 21 heavy (non-hydrogen) atoms. The zero-order chi connectivity index (χ0) is 14.2. The molecule has 0 aliphatic carbocycles. The van der Waals surface area contributed by atoms with Crippen LogP contribution in [0.4, 0.5) is 5.82 Å². The first kappa shape index (κ1) is 12.0. The van der Waals surface area contributed by atoms with E-state index in [4.69, 9.17) is 9.47 Å². The molecule has 0 amide bonds. The average Bonchev–Trinajstić information content (AvgIpc) is 3.12. The van der Waals surface area contributed by atoms with Crippen molar-refractivity contribution in [3.8, 4) is 11.5 Å². The molecule has 4 rings (SSSR count). The second-order valence-electron chi connectivity index (χ2n) is 4.74. The van der Waals surface area contributed by atoms with Gasteiger partial charge in [-0.05, 0) is 25.1 Å². The van der Waals surface area contributed by atoms with E-state index in [0.717, 1.165) is 34.4 Å². The maximum atomic E-state index is 5.49. The van der Waals surface area contributed by atoms with Crippen LogP contribution in [-0.4, -0.2) is 26.6 Å². The van der Waals surface area contributed by atoms with E-state index in [9.17, 15) is 0 Å². The Morgan fingerprint density at radius 3 is 3.10 bits per heavy atom. The Hall–Kier alpha value is -2.83. The number of hydrogen-bond donors (Lipinski definition) is 1. The highest BCUT2D eigenvalue weighted by atomic mass is 16.7. The lowest BCUT2D eigenvalue weighted by Crippen LogP contribution is -2.05. The molecule has 0 atom stereocenters. The summed E-state index contributed by atoms with van der Waals surface area (Å²) in [4.78, 5) is 0. The van der Waals surface area contributed by atoms with Crippen molar-refractivity contribution in [1.82, 2.24) is 19.8 Å². The summed E-state index contributed by atoms with van der Waals surface area (Å²) in [5.41, 5.74) is 1.77. The van der Waals surface area contributed by atoms with Crippen molar-refractivity contribution in [1.29, 1.82) is 0 Å². The van der Waals surface area contributed by atoms with Crippen molar-refractivity contribution in [2.75, 3.05) is 12.1 Å². The van der Waals surface area contributed by atoms with Crippen molar-refractivity contribution < 1.29 is 9.47 Å². The molecular formula is C14H13N5O2. The van der Waals surface area contributed by atoms with Crippen molar-refractivity contribution >= 4 is 11.5 Å². The van der Waals surface area contributed by atoms with Gasteiger partial charge in [-0.15, -0.1) is 15.3 Å². The SMILES string of the molecule is Cc1nnc2ccc(NCc3cccc4c3OCO4)nn12. The number of anilines is 1. The van der Waals surface area contributed by atoms with Crippen molar-refractivity contribution in [2.24, 2.45) is 0 Å². The number of benzene rings is 1. The number of fused-ring (bicyclic) bond motifs is 2. The van der Waals surface area contributed by atoms with Crippen LogP contribution in [0, 0.1) is 6.92 Å². The maximum absolute atomic E-state index is 5.49. The van der Waals surface area contributed by atoms with Gasteiger partial charge in [0.25, 0.3) is 0 Å². The van der Waals surface area contributed by atoms with Crippen LogP contribution < -0.4 is 14.8 Å². The minimum atomic E-state index is 0.274. The first-order valence-corrected chi connectivity index (χ1v) is 6.62. The molecule has 7 heteroatoms. The first-order valence-electron chi connectivity index (χ1n) is 6.62. The highest BCUT2D eigenvalue weighted by molar-refractivity contribution is 5.50. The number of aromatic nitrogens is 4. The summed E-state index contributed by atoms with van der Waals surface area (Å²) in [6.45, 7) is 2.74. The minimum Gasteiger partial charge on any atom is -0.454 e. The molecule has 1 N–H and O–H groups in total. The summed E-state index contributed by atoms with van der Waals surface area (Å²) in [5, 5.41) is 15.7. The van der Waals surface area contributed by atoms with E-state index in [2.05, 4.69) is 20.6 Å². The first-order chi connectivity index (χ1) is 10.3. The number of rotatable bonds is 3. The Morgan fingerprint density at radius 1 is 1.19 bits per heavy atom. The van der Waals surface area contributed by atoms with E-state index < -0.39 is 0 Å². The lowest BCUT2D eigenvalue weighted by Gasteiger charge is -2.08. The molecule has 0 bridgehead atoms. The lowest BCUT2D eigenvalue weighted by atomic mass is 10.2. The summed E-state index contributed by atoms with van der Waals surface area (Å²) in [5.74, 6) is 3.09. The summed E-state index contributed by atoms with van der Waals surface area (Å²) < 4.78 is 12.6. The Morgan fingerprint density at radius 2 is 2.14 bits per heavy atom. The number of ether oxygens (including phenoxy) is 2. The monoisotopic (exact) mass is 283 g/mol. The van der Waals surface area contributed by atoms with Gasteiger partial charge in [0, 0.05) is 12.1 Å². The van der Waals surface area contributed by atoms with E-state index in [0.29, 0.717) is 6.54 Å². The van der Waals surface area contributed by atoms with E-state index in [1.54, 1.807) is 4.52 Å². The molecule has 106 valence electrons. The van der Waals surface area contributed by atoms with Gasteiger partial charge < -0.3 is 14.8 Å². The molecule has 1 aliphatic rings. The molecule has 1 aliphatic heterocycles. The predicted molar refractivity (Wildman–Crippen MR) is 75.4 cm³/mol. The highest BCUT2D eigenvalue weighted by Crippen LogP contribution is 2.35. The Bertz CT molecular complexity index is 814. The number of nitrogens with zero attached hydrogens (tertiary/aromatic N) is 4. The normalized spacial score (nSPS) is 12.8. The molecule has 3 heterocycles. The minimum absolute atomic E-state index is 0.274. The largest absolute Gasteiger partial charge is 0.454 e. The second kappa shape index (κ2) is 4.62. The molecule has 0 spiro atoms. The molecule has 2 aromatic heterocycles. The van der Waals surface area contributed by atoms with Crippen LogP contribution in [0.3, 0.4) is 0 Å². The van der Waals surface area contributed by atoms with Crippen LogP contribution in [0.25, 0.3) is 5.65 Å². The van der Waals surface area contributed by atoms with Gasteiger partial charge in [0.05, 0.1) is 0 Å². The van der Waals surface area contributed by atoms with Crippen LogP contribution in [0.15, 0.2) is 30.3 Å². The fraction of sp³-hybridized carbons (Fsp3) is 0.214. The number of nitrogens with one attached hydrogen (secondary N) is 1. The summed E-state index contributed by atoms with van der Waals surface area (Å²) in [6.07, 6.45) is 0. The van der Waals surface area contributed by atoms with E-state index in [1.807, 2.05) is 37.3 Å². The van der Waals surface area contributed by atoms with E-state index in [1.165, 1.54) is 0 Å². The Balaban J connectivity index is 1.58. The summed E-state index contributed by atoms with van der Waals surface area (Å²) in [6, 6.07) is 9.61. The second-order valence-corrected chi connectivity index (χ2v) is 4.74. The molecule has 0 saturated heterocycles. The average molecular weight is 283 g/mol. The third-order valence-corrected chi connectivity index (χ3v) is 3.36. The molecule has 3 aromatic rings. The zero-order valence-electron chi connectivity index (χ0n) is 11.4. The van der Waals surface area contributed by atoms with Gasteiger partial charge in [0.15, 0.2) is 23.0 Å². The standard InChI is InChI=1S/C14H13N5O2/c1-9-16-17-13-6-5-12(18-19(9)13)15-7-10-3-2-4-11-14(10)21-8-20-11/h2-6H,7-8H2,1H3,(H,15,18). The third kappa shape index (κ3) is 2.03.